The number of aliphatic imine (C=N–C) groups is 1. The molecule has 0 spiro atoms. The molecule has 2 amide bonds. The largest absolute Gasteiger partial charge is 0.417 e. The molecule has 12 heteroatoms. The third-order valence-electron chi connectivity index (χ3n) is 7.36. The van der Waals surface area contributed by atoms with Gasteiger partial charge in [0.25, 0.3) is 11.8 Å². The van der Waals surface area contributed by atoms with Crippen LogP contribution in [0.5, 0.6) is 0 Å². The molecule has 3 rings (SSSR count). The number of halogens is 3. The minimum atomic E-state index is -4.77. The quantitative estimate of drug-likeness (QED) is 0.222. The fourth-order valence-electron chi connectivity index (χ4n) is 4.72. The molecule has 1 aromatic heterocycles. The average Bonchev–Trinajstić information content (AvgIpc) is 3.23. The Morgan fingerprint density at radius 1 is 1.26 bits per heavy atom. The molecule has 1 aliphatic carbocycles. The lowest BCUT2D eigenvalue weighted by Crippen LogP contribution is -2.45. The lowest BCUT2D eigenvalue weighted by Gasteiger charge is -2.32. The highest BCUT2D eigenvalue weighted by atomic mass is 32.1. The Kier molecular flexibility index (Phi) is 9.74. The van der Waals surface area contributed by atoms with Crippen LogP contribution in [0.1, 0.15) is 77.8 Å². The summed E-state index contributed by atoms with van der Waals surface area (Å²) in [5.74, 6) is -0.763. The van der Waals surface area contributed by atoms with Crippen molar-refractivity contribution in [3.8, 4) is 0 Å². The van der Waals surface area contributed by atoms with Crippen LogP contribution < -0.4 is 10.6 Å². The van der Waals surface area contributed by atoms with Crippen LogP contribution in [0, 0.1) is 5.92 Å². The molecule has 3 atom stereocenters. The summed E-state index contributed by atoms with van der Waals surface area (Å²) in [5, 5.41) is 15.5. The molecule has 2 heterocycles. The zero-order valence-corrected chi connectivity index (χ0v) is 23.9. The summed E-state index contributed by atoms with van der Waals surface area (Å²) >= 11 is 5.49. The summed E-state index contributed by atoms with van der Waals surface area (Å²) in [6.45, 7) is 8.48. The van der Waals surface area contributed by atoms with Gasteiger partial charge in [-0.3, -0.25) is 14.6 Å². The van der Waals surface area contributed by atoms with E-state index in [1.165, 1.54) is 20.8 Å². The summed E-state index contributed by atoms with van der Waals surface area (Å²) in [4.78, 5) is 35.8. The number of carbonyl (C=O) groups excluding carboxylic acids is 2. The van der Waals surface area contributed by atoms with Gasteiger partial charge in [-0.15, -0.1) is 0 Å². The van der Waals surface area contributed by atoms with E-state index in [0.29, 0.717) is 12.5 Å². The van der Waals surface area contributed by atoms with E-state index in [0.717, 1.165) is 44.4 Å². The summed E-state index contributed by atoms with van der Waals surface area (Å²) in [5.41, 5.74) is -2.76. The molecular weight excluding hydrogens is 531 g/mol. The van der Waals surface area contributed by atoms with E-state index in [4.69, 9.17) is 12.2 Å². The number of likely N-dealkylation sites (tertiary alicyclic amines) is 1. The monoisotopic (exact) mass is 569 g/mol. The van der Waals surface area contributed by atoms with E-state index in [2.05, 4.69) is 20.6 Å². The lowest BCUT2D eigenvalue weighted by molar-refractivity contribution is -0.138. The Labute approximate surface area is 232 Å². The van der Waals surface area contributed by atoms with Gasteiger partial charge in [0.05, 0.1) is 21.7 Å². The molecule has 39 heavy (non-hydrogen) atoms. The number of alkyl halides is 3. The second-order valence-corrected chi connectivity index (χ2v) is 11.7. The highest BCUT2D eigenvalue weighted by Crippen LogP contribution is 2.36. The average molecular weight is 570 g/mol. The van der Waals surface area contributed by atoms with Gasteiger partial charge in [-0.05, 0) is 72.3 Å². The molecule has 0 radical (unpaired) electrons. The number of carbonyl (C=O) groups is 2. The van der Waals surface area contributed by atoms with Gasteiger partial charge in [0.1, 0.15) is 5.82 Å². The maximum atomic E-state index is 14.3. The van der Waals surface area contributed by atoms with Gasteiger partial charge in [0.2, 0.25) is 0 Å². The third kappa shape index (κ3) is 7.97. The Morgan fingerprint density at radius 2 is 1.92 bits per heavy atom. The fraction of sp³-hybridized carbons (Fsp3) is 0.667. The van der Waals surface area contributed by atoms with Crippen molar-refractivity contribution in [3.05, 3.63) is 23.4 Å². The van der Waals surface area contributed by atoms with Crippen molar-refractivity contribution in [2.24, 2.45) is 10.9 Å². The molecule has 1 aliphatic heterocycles. The lowest BCUT2D eigenvalue weighted by atomic mass is 9.80. The number of aromatic nitrogens is 1. The SMILES string of the molecule is C/C(=N\C(C(=O)N1CCC[C@@H]1C)C(=S)c1cnc(N[C@@H](C)C2CCC2)cc1C(F)(F)F)C(=O)NCC(C)(C)O. The van der Waals surface area contributed by atoms with Crippen molar-refractivity contribution >= 4 is 40.4 Å². The first-order chi connectivity index (χ1) is 18.1. The highest BCUT2D eigenvalue weighted by molar-refractivity contribution is 7.81. The summed E-state index contributed by atoms with van der Waals surface area (Å²) < 4.78 is 42.8. The molecule has 0 bridgehead atoms. The normalized spacial score (nSPS) is 20.3. The number of hydrogen-bond acceptors (Lipinski definition) is 7. The smallest absolute Gasteiger partial charge is 0.389 e. The number of aliphatic hydroxyl groups is 1. The zero-order valence-electron chi connectivity index (χ0n) is 23.1. The number of amides is 2. The molecule has 2 fully saturated rings. The van der Waals surface area contributed by atoms with E-state index in [9.17, 15) is 27.9 Å². The number of rotatable bonds is 10. The molecular formula is C27H38F3N5O3S. The topological polar surface area (TPSA) is 107 Å². The van der Waals surface area contributed by atoms with Crippen LogP contribution in [0.4, 0.5) is 19.0 Å². The second-order valence-electron chi connectivity index (χ2n) is 11.2. The first kappa shape index (κ1) is 30.9. The summed E-state index contributed by atoms with van der Waals surface area (Å²) in [7, 11) is 0. The standard InChI is InChI=1S/C27H38F3N5O3S/c1-15-8-7-11-35(15)25(37)22(34-17(3)24(36)32-14-26(4,5)38)23(39)19-13-31-21(12-20(19)27(28,29)30)33-16(2)18-9-6-10-18/h12-13,15-16,18,22,38H,6-11,14H2,1-5H3,(H,31,33)(H,32,36)/b34-17+/t15-,16-,22?/m0/s1. The van der Waals surface area contributed by atoms with Crippen molar-refractivity contribution in [2.45, 2.75) is 96.6 Å². The molecule has 1 saturated heterocycles. The predicted molar refractivity (Wildman–Crippen MR) is 148 cm³/mol. The number of nitrogens with zero attached hydrogens (tertiary/aromatic N) is 3. The number of anilines is 1. The maximum Gasteiger partial charge on any atom is 0.417 e. The van der Waals surface area contributed by atoms with Crippen LogP contribution in [0.2, 0.25) is 0 Å². The minimum absolute atomic E-state index is 0.0363. The van der Waals surface area contributed by atoms with Gasteiger partial charge in [-0.1, -0.05) is 18.6 Å². The molecule has 216 valence electrons. The van der Waals surface area contributed by atoms with Gasteiger partial charge in [0, 0.05) is 36.9 Å². The first-order valence-corrected chi connectivity index (χ1v) is 13.7. The van der Waals surface area contributed by atoms with Crippen molar-refractivity contribution in [2.75, 3.05) is 18.4 Å². The number of nitrogens with one attached hydrogen (secondary N) is 2. The molecule has 3 N–H and O–H groups in total. The minimum Gasteiger partial charge on any atom is -0.389 e. The van der Waals surface area contributed by atoms with Crippen LogP contribution >= 0.6 is 12.2 Å². The van der Waals surface area contributed by atoms with E-state index in [1.54, 1.807) is 4.90 Å². The molecule has 8 nitrogen and oxygen atoms in total. The Morgan fingerprint density at radius 3 is 2.44 bits per heavy atom. The van der Waals surface area contributed by atoms with Crippen LogP contribution in [-0.2, 0) is 15.8 Å². The molecule has 1 aromatic rings. The Balaban J connectivity index is 1.97. The van der Waals surface area contributed by atoms with Crippen molar-refractivity contribution in [3.63, 3.8) is 0 Å². The number of hydrogen-bond donors (Lipinski definition) is 3. The molecule has 0 aromatic carbocycles. The summed E-state index contributed by atoms with van der Waals surface area (Å²) in [6, 6.07) is -0.777. The first-order valence-electron chi connectivity index (χ1n) is 13.3. The predicted octanol–water partition coefficient (Wildman–Crippen LogP) is 4.15. The maximum absolute atomic E-state index is 14.3. The third-order valence-corrected chi connectivity index (χ3v) is 7.80. The van der Waals surface area contributed by atoms with Crippen molar-refractivity contribution in [1.82, 2.24) is 15.2 Å². The van der Waals surface area contributed by atoms with Crippen molar-refractivity contribution < 1.29 is 27.9 Å². The van der Waals surface area contributed by atoms with Crippen LogP contribution in [0.15, 0.2) is 17.3 Å². The molecule has 2 aliphatic rings. The van der Waals surface area contributed by atoms with Gasteiger partial charge >= 0.3 is 6.18 Å². The highest BCUT2D eigenvalue weighted by Gasteiger charge is 2.40. The Hall–Kier alpha value is -2.60. The van der Waals surface area contributed by atoms with E-state index in [-0.39, 0.29) is 35.0 Å². The number of thiocarbonyl (C=S) groups is 1. The zero-order chi connectivity index (χ0) is 29.1. The van der Waals surface area contributed by atoms with E-state index >= 15 is 0 Å². The van der Waals surface area contributed by atoms with Crippen LogP contribution in [-0.4, -0.2) is 74.2 Å². The van der Waals surface area contributed by atoms with Crippen LogP contribution in [0.3, 0.4) is 0 Å². The fourth-order valence-corrected chi connectivity index (χ4v) is 5.04. The van der Waals surface area contributed by atoms with E-state index < -0.39 is 40.8 Å². The van der Waals surface area contributed by atoms with Crippen molar-refractivity contribution in [1.29, 1.82) is 0 Å². The van der Waals surface area contributed by atoms with Gasteiger partial charge < -0.3 is 20.6 Å². The number of pyridine rings is 1. The van der Waals surface area contributed by atoms with Gasteiger partial charge in [-0.25, -0.2) is 4.98 Å². The Bertz CT molecular complexity index is 1110. The van der Waals surface area contributed by atoms with Crippen LogP contribution in [0.25, 0.3) is 0 Å². The second kappa shape index (κ2) is 12.3. The molecule has 1 unspecified atom stereocenters. The van der Waals surface area contributed by atoms with Gasteiger partial charge in [-0.2, -0.15) is 13.2 Å². The summed E-state index contributed by atoms with van der Waals surface area (Å²) in [6.07, 6.45) is 0.893. The van der Waals surface area contributed by atoms with E-state index in [1.807, 2.05) is 13.8 Å². The van der Waals surface area contributed by atoms with Gasteiger partial charge in [0.15, 0.2) is 6.04 Å². The molecule has 1 saturated carbocycles.